The predicted molar refractivity (Wildman–Crippen MR) is 86.5 cm³/mol. The zero-order valence-electron chi connectivity index (χ0n) is 11.9. The van der Waals surface area contributed by atoms with E-state index in [0.29, 0.717) is 11.8 Å². The molecule has 2 fully saturated rings. The van der Waals surface area contributed by atoms with Gasteiger partial charge in [-0.1, -0.05) is 22.4 Å². The summed E-state index contributed by atoms with van der Waals surface area (Å²) >= 11 is 3.29. The number of benzene rings is 1. The van der Waals surface area contributed by atoms with Gasteiger partial charge in [0, 0.05) is 16.1 Å². The average Bonchev–Trinajstić information content (AvgIpc) is 3.08. The molecule has 2 aliphatic carbocycles. The molecule has 0 radical (unpaired) electrons. The highest BCUT2D eigenvalue weighted by molar-refractivity contribution is 9.10. The third-order valence-corrected chi connectivity index (χ3v) is 6.49. The van der Waals surface area contributed by atoms with Crippen LogP contribution in [0.15, 0.2) is 38.7 Å². The van der Waals surface area contributed by atoms with Crippen LogP contribution in [-0.4, -0.2) is 14.1 Å². The second kappa shape index (κ2) is 5.72. The van der Waals surface area contributed by atoms with Gasteiger partial charge in [-0.2, -0.15) is 13.5 Å². The Hall–Kier alpha value is -0.880. The lowest BCUT2D eigenvalue weighted by molar-refractivity contribution is 0.413. The van der Waals surface area contributed by atoms with E-state index in [1.165, 1.54) is 25.7 Å². The Kier molecular flexibility index (Phi) is 4.10. The van der Waals surface area contributed by atoms with Crippen LogP contribution in [0.3, 0.4) is 0 Å². The molecule has 0 spiro atoms. The van der Waals surface area contributed by atoms with Crippen molar-refractivity contribution in [3.05, 3.63) is 28.7 Å². The molecule has 114 valence electrons. The molecule has 1 aromatic carbocycles. The molecule has 4 nitrogen and oxygen atoms in total. The van der Waals surface area contributed by atoms with Crippen LogP contribution in [0.2, 0.25) is 0 Å². The van der Waals surface area contributed by atoms with Crippen molar-refractivity contribution < 1.29 is 8.42 Å². The van der Waals surface area contributed by atoms with Crippen molar-refractivity contribution in [1.82, 2.24) is 4.83 Å². The van der Waals surface area contributed by atoms with Crippen LogP contribution in [-0.2, 0) is 10.0 Å². The lowest BCUT2D eigenvalue weighted by Crippen LogP contribution is -2.24. The van der Waals surface area contributed by atoms with Crippen molar-refractivity contribution in [3.8, 4) is 0 Å². The average molecular weight is 371 g/mol. The number of sulfonamides is 1. The molecule has 6 heteroatoms. The number of hydrogen-bond acceptors (Lipinski definition) is 3. The Labute approximate surface area is 134 Å². The molecular weight excluding hydrogens is 352 g/mol. The van der Waals surface area contributed by atoms with E-state index in [1.807, 2.05) is 6.92 Å². The lowest BCUT2D eigenvalue weighted by Gasteiger charge is -2.21. The summed E-state index contributed by atoms with van der Waals surface area (Å²) in [6, 6.07) is 6.55. The number of nitrogens with zero attached hydrogens (tertiary/aromatic N) is 1. The van der Waals surface area contributed by atoms with Crippen molar-refractivity contribution in [2.24, 2.45) is 22.9 Å². The van der Waals surface area contributed by atoms with Crippen molar-refractivity contribution in [1.29, 1.82) is 0 Å². The summed E-state index contributed by atoms with van der Waals surface area (Å²) < 4.78 is 25.2. The summed E-state index contributed by atoms with van der Waals surface area (Å²) in [5.41, 5.74) is 0.919. The SMILES string of the molecule is CC(=NNS(=O)(=O)c1ccc(Br)cc1)C1CC2CCC1C2. The molecule has 3 atom stereocenters. The van der Waals surface area contributed by atoms with E-state index in [0.717, 1.165) is 16.1 Å². The van der Waals surface area contributed by atoms with Gasteiger partial charge in [-0.15, -0.1) is 0 Å². The number of nitrogens with one attached hydrogen (secondary N) is 1. The maximum Gasteiger partial charge on any atom is 0.276 e. The summed E-state index contributed by atoms with van der Waals surface area (Å²) in [4.78, 5) is 2.61. The maximum absolute atomic E-state index is 12.2. The van der Waals surface area contributed by atoms with Crippen molar-refractivity contribution in [2.75, 3.05) is 0 Å². The highest BCUT2D eigenvalue weighted by Crippen LogP contribution is 2.48. The number of rotatable bonds is 4. The molecule has 0 heterocycles. The highest BCUT2D eigenvalue weighted by atomic mass is 79.9. The first-order chi connectivity index (χ1) is 9.95. The van der Waals surface area contributed by atoms with Crippen LogP contribution in [0.4, 0.5) is 0 Å². The summed E-state index contributed by atoms with van der Waals surface area (Å²) in [5.74, 6) is 1.99. The van der Waals surface area contributed by atoms with Gasteiger partial charge < -0.3 is 0 Å². The standard InChI is InChI=1S/C15H19BrN2O2S/c1-10(15-9-11-2-3-12(15)8-11)17-18-21(19,20)14-6-4-13(16)5-7-14/h4-7,11-12,15,18H,2-3,8-9H2,1H3. The largest absolute Gasteiger partial charge is 0.276 e. The summed E-state index contributed by atoms with van der Waals surface area (Å²) in [5, 5.41) is 4.16. The van der Waals surface area contributed by atoms with Gasteiger partial charge >= 0.3 is 0 Å². The first-order valence-corrected chi connectivity index (χ1v) is 9.55. The van der Waals surface area contributed by atoms with Crippen LogP contribution in [0, 0.1) is 17.8 Å². The highest BCUT2D eigenvalue weighted by Gasteiger charge is 2.40. The minimum Gasteiger partial charge on any atom is -0.200 e. The van der Waals surface area contributed by atoms with Gasteiger partial charge in [-0.05, 0) is 62.3 Å². The van der Waals surface area contributed by atoms with Gasteiger partial charge in [0.1, 0.15) is 0 Å². The molecule has 0 aromatic heterocycles. The van der Waals surface area contributed by atoms with Crippen LogP contribution >= 0.6 is 15.9 Å². The molecule has 2 bridgehead atoms. The van der Waals surface area contributed by atoms with Crippen LogP contribution in [0.25, 0.3) is 0 Å². The fourth-order valence-electron chi connectivity index (χ4n) is 3.64. The fourth-order valence-corrected chi connectivity index (χ4v) is 4.77. The Morgan fingerprint density at radius 2 is 1.95 bits per heavy atom. The molecule has 0 amide bonds. The zero-order chi connectivity index (χ0) is 15.0. The van der Waals surface area contributed by atoms with Gasteiger partial charge in [0.25, 0.3) is 10.0 Å². The summed E-state index contributed by atoms with van der Waals surface area (Å²) in [6.07, 6.45) is 5.05. The third kappa shape index (κ3) is 3.16. The molecule has 21 heavy (non-hydrogen) atoms. The molecule has 2 aliphatic rings. The Morgan fingerprint density at radius 1 is 1.24 bits per heavy atom. The van der Waals surface area contributed by atoms with Crippen LogP contribution in [0.5, 0.6) is 0 Å². The Morgan fingerprint density at radius 3 is 2.52 bits per heavy atom. The van der Waals surface area contributed by atoms with E-state index in [9.17, 15) is 8.42 Å². The second-order valence-corrected chi connectivity index (χ2v) is 8.66. The number of hydrazone groups is 1. The van der Waals surface area contributed by atoms with Gasteiger partial charge in [0.05, 0.1) is 4.90 Å². The molecule has 3 rings (SSSR count). The minimum atomic E-state index is -3.57. The summed E-state index contributed by atoms with van der Waals surface area (Å²) in [6.45, 7) is 1.94. The molecular formula is C15H19BrN2O2S. The smallest absolute Gasteiger partial charge is 0.200 e. The maximum atomic E-state index is 12.2. The van der Waals surface area contributed by atoms with E-state index in [-0.39, 0.29) is 4.90 Å². The molecule has 3 unspecified atom stereocenters. The third-order valence-electron chi connectivity index (χ3n) is 4.74. The van der Waals surface area contributed by atoms with E-state index < -0.39 is 10.0 Å². The van der Waals surface area contributed by atoms with E-state index in [1.54, 1.807) is 24.3 Å². The topological polar surface area (TPSA) is 58.5 Å². The van der Waals surface area contributed by atoms with Gasteiger partial charge in [0.2, 0.25) is 0 Å². The lowest BCUT2D eigenvalue weighted by atomic mass is 9.86. The van der Waals surface area contributed by atoms with Crippen LogP contribution < -0.4 is 4.83 Å². The molecule has 0 aliphatic heterocycles. The van der Waals surface area contributed by atoms with Gasteiger partial charge in [-0.3, -0.25) is 0 Å². The van der Waals surface area contributed by atoms with Gasteiger partial charge in [-0.25, -0.2) is 4.83 Å². The van der Waals surface area contributed by atoms with Crippen molar-refractivity contribution >= 4 is 31.7 Å². The van der Waals surface area contributed by atoms with Crippen LogP contribution in [0.1, 0.15) is 32.6 Å². The van der Waals surface area contributed by atoms with Crippen molar-refractivity contribution in [2.45, 2.75) is 37.5 Å². The van der Waals surface area contributed by atoms with Gasteiger partial charge in [0.15, 0.2) is 0 Å². The number of hydrogen-bond donors (Lipinski definition) is 1. The fraction of sp³-hybridized carbons (Fsp3) is 0.533. The van der Waals surface area contributed by atoms with E-state index in [2.05, 4.69) is 25.9 Å². The number of fused-ring (bicyclic) bond motifs is 2. The minimum absolute atomic E-state index is 0.232. The molecule has 1 N–H and O–H groups in total. The molecule has 2 saturated carbocycles. The summed E-state index contributed by atoms with van der Waals surface area (Å²) in [7, 11) is -3.57. The normalized spacial score (nSPS) is 28.9. The molecule has 0 saturated heterocycles. The monoisotopic (exact) mass is 370 g/mol. The zero-order valence-corrected chi connectivity index (χ0v) is 14.3. The van der Waals surface area contributed by atoms with E-state index >= 15 is 0 Å². The predicted octanol–water partition coefficient (Wildman–Crippen LogP) is 3.54. The first kappa shape index (κ1) is 15.0. The van der Waals surface area contributed by atoms with Crippen molar-refractivity contribution in [3.63, 3.8) is 0 Å². The molecule has 1 aromatic rings. The van der Waals surface area contributed by atoms with E-state index in [4.69, 9.17) is 0 Å². The Bertz CT molecular complexity index is 655. The quantitative estimate of drug-likeness (QED) is 0.650. The number of halogens is 1. The Balaban J connectivity index is 1.71. The first-order valence-electron chi connectivity index (χ1n) is 7.27. The second-order valence-electron chi connectivity index (χ2n) is 6.08.